The molecule has 0 unspecified atom stereocenters. The molecule has 0 spiro atoms. The van der Waals surface area contributed by atoms with Gasteiger partial charge in [-0.15, -0.1) is 0 Å². The SMILES string of the molecule is COC(=O)Nc1ccc(CNc2cnn(-c3ccc(C(F)(F)F)cn3)c(=O)c2Cl)cc1. The first-order valence-corrected chi connectivity index (χ1v) is 9.06. The Morgan fingerprint density at radius 1 is 1.16 bits per heavy atom. The van der Waals surface area contributed by atoms with Crippen molar-refractivity contribution in [2.45, 2.75) is 12.7 Å². The van der Waals surface area contributed by atoms with Gasteiger partial charge in [0.2, 0.25) is 0 Å². The van der Waals surface area contributed by atoms with Crippen LogP contribution in [0.1, 0.15) is 11.1 Å². The monoisotopic (exact) mass is 453 g/mol. The van der Waals surface area contributed by atoms with Crippen molar-refractivity contribution in [3.05, 3.63) is 75.3 Å². The van der Waals surface area contributed by atoms with Gasteiger partial charge in [0.25, 0.3) is 5.56 Å². The zero-order chi connectivity index (χ0) is 22.6. The highest BCUT2D eigenvalue weighted by molar-refractivity contribution is 6.32. The minimum Gasteiger partial charge on any atom is -0.453 e. The molecule has 2 heterocycles. The Kier molecular flexibility index (Phi) is 6.44. The van der Waals surface area contributed by atoms with E-state index in [0.29, 0.717) is 18.4 Å². The summed E-state index contributed by atoms with van der Waals surface area (Å²) < 4.78 is 43.3. The molecule has 0 aliphatic rings. The van der Waals surface area contributed by atoms with Gasteiger partial charge in [0, 0.05) is 18.4 Å². The largest absolute Gasteiger partial charge is 0.453 e. The molecule has 0 aliphatic heterocycles. The summed E-state index contributed by atoms with van der Waals surface area (Å²) in [6, 6.07) is 8.66. The van der Waals surface area contributed by atoms with Gasteiger partial charge >= 0.3 is 12.3 Å². The number of anilines is 2. The Balaban J connectivity index is 1.72. The molecule has 8 nitrogen and oxygen atoms in total. The van der Waals surface area contributed by atoms with E-state index in [1.54, 1.807) is 24.3 Å². The lowest BCUT2D eigenvalue weighted by Gasteiger charge is -2.11. The summed E-state index contributed by atoms with van der Waals surface area (Å²) in [6.07, 6.45) is -3.24. The van der Waals surface area contributed by atoms with Crippen LogP contribution in [-0.4, -0.2) is 28.0 Å². The molecule has 0 aliphatic carbocycles. The maximum absolute atomic E-state index is 12.7. The lowest BCUT2D eigenvalue weighted by molar-refractivity contribution is -0.137. The average Bonchev–Trinajstić information content (AvgIpc) is 2.75. The number of nitrogens with zero attached hydrogens (tertiary/aromatic N) is 3. The van der Waals surface area contributed by atoms with Gasteiger partial charge in [0.1, 0.15) is 5.02 Å². The van der Waals surface area contributed by atoms with Crippen molar-refractivity contribution in [3.8, 4) is 5.82 Å². The summed E-state index contributed by atoms with van der Waals surface area (Å²) in [5.74, 6) is -0.0971. The molecule has 1 amide bonds. The molecule has 3 aromatic rings. The second-order valence-electron chi connectivity index (χ2n) is 6.16. The molecule has 3 rings (SSSR count). The van der Waals surface area contributed by atoms with Gasteiger partial charge in [-0.05, 0) is 29.8 Å². The van der Waals surface area contributed by atoms with E-state index in [0.717, 1.165) is 22.4 Å². The molecule has 0 fully saturated rings. The number of hydrogen-bond acceptors (Lipinski definition) is 6. The zero-order valence-corrected chi connectivity index (χ0v) is 16.7. The van der Waals surface area contributed by atoms with Crippen molar-refractivity contribution in [1.29, 1.82) is 0 Å². The van der Waals surface area contributed by atoms with E-state index < -0.39 is 23.4 Å². The van der Waals surface area contributed by atoms with E-state index in [4.69, 9.17) is 11.6 Å². The number of benzene rings is 1. The molecule has 12 heteroatoms. The van der Waals surface area contributed by atoms with Gasteiger partial charge in [-0.1, -0.05) is 23.7 Å². The Hall–Kier alpha value is -3.60. The summed E-state index contributed by atoms with van der Waals surface area (Å²) in [5, 5.41) is 9.21. The van der Waals surface area contributed by atoms with Gasteiger partial charge < -0.3 is 10.1 Å². The van der Waals surface area contributed by atoms with Crippen LogP contribution in [0, 0.1) is 0 Å². The van der Waals surface area contributed by atoms with Crippen LogP contribution in [0.25, 0.3) is 5.82 Å². The number of aromatic nitrogens is 3. The second kappa shape index (κ2) is 9.04. The second-order valence-corrected chi connectivity index (χ2v) is 6.54. The molecule has 0 bridgehead atoms. The van der Waals surface area contributed by atoms with E-state index in [-0.39, 0.29) is 16.5 Å². The topological polar surface area (TPSA) is 98.1 Å². The Labute approximate surface area is 178 Å². The molecule has 0 saturated heterocycles. The van der Waals surface area contributed by atoms with E-state index in [1.807, 2.05) is 0 Å². The van der Waals surface area contributed by atoms with E-state index in [2.05, 4.69) is 25.5 Å². The normalized spacial score (nSPS) is 11.1. The zero-order valence-electron chi connectivity index (χ0n) is 15.9. The van der Waals surface area contributed by atoms with Crippen molar-refractivity contribution < 1.29 is 22.7 Å². The lowest BCUT2D eigenvalue weighted by atomic mass is 10.2. The Bertz CT molecular complexity index is 1130. The molecule has 2 aromatic heterocycles. The summed E-state index contributed by atoms with van der Waals surface area (Å²) in [6.45, 7) is 0.294. The van der Waals surface area contributed by atoms with Gasteiger partial charge in [-0.25, -0.2) is 9.78 Å². The van der Waals surface area contributed by atoms with Crippen LogP contribution in [0.4, 0.5) is 29.3 Å². The Morgan fingerprint density at radius 3 is 2.45 bits per heavy atom. The molecule has 0 saturated carbocycles. The van der Waals surface area contributed by atoms with Crippen molar-refractivity contribution >= 4 is 29.1 Å². The molecule has 0 radical (unpaired) electrons. The first-order chi connectivity index (χ1) is 14.7. The third kappa shape index (κ3) is 5.31. The third-order valence-corrected chi connectivity index (χ3v) is 4.45. The number of ether oxygens (including phenoxy) is 1. The highest BCUT2D eigenvalue weighted by Gasteiger charge is 2.30. The fourth-order valence-electron chi connectivity index (χ4n) is 2.47. The third-order valence-electron chi connectivity index (χ3n) is 4.08. The molecule has 31 heavy (non-hydrogen) atoms. The number of rotatable bonds is 5. The Morgan fingerprint density at radius 2 is 1.87 bits per heavy atom. The van der Waals surface area contributed by atoms with Crippen LogP contribution in [0.2, 0.25) is 5.02 Å². The highest BCUT2D eigenvalue weighted by atomic mass is 35.5. The molecule has 1 aromatic carbocycles. The smallest absolute Gasteiger partial charge is 0.417 e. The summed E-state index contributed by atoms with van der Waals surface area (Å²) in [5.41, 5.74) is -0.0772. The summed E-state index contributed by atoms with van der Waals surface area (Å²) in [7, 11) is 1.26. The predicted octanol–water partition coefficient (Wildman–Crippen LogP) is 4.09. The fraction of sp³-hybridized carbons (Fsp3) is 0.158. The summed E-state index contributed by atoms with van der Waals surface area (Å²) in [4.78, 5) is 27.3. The lowest BCUT2D eigenvalue weighted by Crippen LogP contribution is -2.23. The van der Waals surface area contributed by atoms with Crippen molar-refractivity contribution in [1.82, 2.24) is 14.8 Å². The minimum atomic E-state index is -4.54. The maximum atomic E-state index is 12.7. The number of nitrogens with one attached hydrogen (secondary N) is 2. The maximum Gasteiger partial charge on any atom is 0.417 e. The van der Waals surface area contributed by atoms with Crippen molar-refractivity contribution in [2.24, 2.45) is 0 Å². The van der Waals surface area contributed by atoms with Gasteiger partial charge in [-0.3, -0.25) is 10.1 Å². The highest BCUT2D eigenvalue weighted by Crippen LogP contribution is 2.28. The number of carbonyl (C=O) groups is 1. The first-order valence-electron chi connectivity index (χ1n) is 8.68. The molecule has 2 N–H and O–H groups in total. The van der Waals surface area contributed by atoms with Crippen LogP contribution < -0.4 is 16.2 Å². The standard InChI is InChI=1S/C19H15ClF3N5O3/c1-31-18(30)27-13-5-2-11(3-6-13)8-24-14-10-26-28(17(29)16(14)20)15-7-4-12(9-25-15)19(21,22)23/h2-7,9-10,24H,8H2,1H3,(H,27,30). The number of amides is 1. The number of alkyl halides is 3. The van der Waals surface area contributed by atoms with Gasteiger partial charge in [-0.2, -0.15) is 23.0 Å². The van der Waals surface area contributed by atoms with E-state index in [1.165, 1.54) is 13.3 Å². The number of pyridine rings is 1. The van der Waals surface area contributed by atoms with Crippen LogP contribution in [0.15, 0.2) is 53.6 Å². The minimum absolute atomic E-state index is 0.0971. The number of halogens is 4. The number of methoxy groups -OCH3 is 1. The van der Waals surface area contributed by atoms with Crippen molar-refractivity contribution in [3.63, 3.8) is 0 Å². The van der Waals surface area contributed by atoms with Crippen LogP contribution in [0.3, 0.4) is 0 Å². The van der Waals surface area contributed by atoms with Crippen LogP contribution >= 0.6 is 11.6 Å². The van der Waals surface area contributed by atoms with Crippen molar-refractivity contribution in [2.75, 3.05) is 17.7 Å². The molecular formula is C19H15ClF3N5O3. The molecule has 0 atom stereocenters. The fourth-order valence-corrected chi connectivity index (χ4v) is 2.67. The molecule has 162 valence electrons. The van der Waals surface area contributed by atoms with Crippen LogP contribution in [0.5, 0.6) is 0 Å². The number of carbonyl (C=O) groups excluding carboxylic acids is 1. The number of hydrogen-bond donors (Lipinski definition) is 2. The van der Waals surface area contributed by atoms with E-state index >= 15 is 0 Å². The van der Waals surface area contributed by atoms with Crippen LogP contribution in [-0.2, 0) is 17.5 Å². The molecular weight excluding hydrogens is 439 g/mol. The quantitative estimate of drug-likeness (QED) is 0.604. The van der Waals surface area contributed by atoms with Gasteiger partial charge in [0.05, 0.1) is 24.6 Å². The first kappa shape index (κ1) is 22.1. The van der Waals surface area contributed by atoms with E-state index in [9.17, 15) is 22.8 Å². The summed E-state index contributed by atoms with van der Waals surface area (Å²) >= 11 is 6.11. The predicted molar refractivity (Wildman–Crippen MR) is 107 cm³/mol. The van der Waals surface area contributed by atoms with Gasteiger partial charge in [0.15, 0.2) is 5.82 Å². The average molecular weight is 454 g/mol.